The number of carbonyl (C=O) groups excluding carboxylic acids is 16. The number of cyclic esters (lactones) is 1. The Bertz CT molecular complexity index is 4600. The first-order valence-electron chi connectivity index (χ1n) is 46.9. The molecule has 2 aromatic carbocycles. The molecule has 2 saturated heterocycles. The van der Waals surface area contributed by atoms with Crippen molar-refractivity contribution in [1.82, 2.24) is 72.8 Å². The van der Waals surface area contributed by atoms with Gasteiger partial charge in [0.15, 0.2) is 0 Å². The molecule has 5 rings (SSSR count). The molecule has 0 aromatic heterocycles. The summed E-state index contributed by atoms with van der Waals surface area (Å²) in [6.07, 6.45) is -3.27. The summed E-state index contributed by atoms with van der Waals surface area (Å²) in [5, 5.41) is 37.9. The number of likely N-dealkylation sites (tertiary alicyclic amines) is 1. The SMILES string of the molecule is CC[C@H](C)[C@@H]([C@@H](CC(=O)N1CCC[C@H]1[C@H](OC)[C@@H](C)C(=O)N[C@H](C)[C@@H](OP(=O)(O)OCc1ccc(NC(=O)[C@H](CCCNC(N)=O)NC(=O)[C@@H](NC(=O)[C@H](CC(=O)O)NC(=O)[C@H](CC(=O)N[C@H]2CCOC2=O)NC(=O)CCOCCOCCOCCOCCNC(=O)[C@H](CNC(=O)CCP(=O)(O)O)N2C(=O)C=CC2=O)C(C)C)cc1)c1ccccc1)OC)N(C)C(=O)[C@@H](NC(=O)[C@H](C(C)C)N(C)C)C(C)C. The minimum atomic E-state index is -5.05. The van der Waals surface area contributed by atoms with Crippen LogP contribution in [-0.2, 0) is 135 Å². The van der Waals surface area contributed by atoms with Crippen LogP contribution in [0.4, 0.5) is 10.5 Å². The number of phosphoric acid groups is 1. The molecule has 790 valence electrons. The minimum absolute atomic E-state index is 0.0162. The molecule has 3 aliphatic rings. The third-order valence-corrected chi connectivity index (χ3v) is 25.4. The number of methoxy groups -OCH3 is 2. The number of primary amides is 1. The highest BCUT2D eigenvalue weighted by atomic mass is 31.2. The molecular weight excluding hydrogens is 1890 g/mol. The Balaban J connectivity index is 1.16. The number of carboxylic acids is 1. The van der Waals surface area contributed by atoms with Gasteiger partial charge in [-0.25, -0.2) is 14.2 Å². The number of phosphoric ester groups is 1. The van der Waals surface area contributed by atoms with Crippen LogP contribution in [0, 0.1) is 29.6 Å². The fraction of sp³-hybridized carbons (Fsp3) is 0.659. The first-order chi connectivity index (χ1) is 66.5. The first-order valence-corrected chi connectivity index (χ1v) is 50.2. The quantitative estimate of drug-likeness (QED) is 0.0180. The van der Waals surface area contributed by atoms with Gasteiger partial charge in [-0.1, -0.05) is 111 Å². The van der Waals surface area contributed by atoms with Gasteiger partial charge in [-0.3, -0.25) is 95.3 Å². The molecule has 17 N–H and O–H groups in total. The van der Waals surface area contributed by atoms with E-state index in [9.17, 15) is 101 Å². The van der Waals surface area contributed by atoms with Crippen molar-refractivity contribution < 1.29 is 153 Å². The van der Waals surface area contributed by atoms with Crippen molar-refractivity contribution in [3.8, 4) is 0 Å². The number of rotatable bonds is 66. The maximum absolute atomic E-state index is 14.7. The van der Waals surface area contributed by atoms with E-state index in [1.54, 1.807) is 61.0 Å². The molecule has 2 aromatic rings. The summed E-state index contributed by atoms with van der Waals surface area (Å²) in [5.41, 5.74) is 6.10. The van der Waals surface area contributed by atoms with E-state index < -0.39 is 240 Å². The van der Waals surface area contributed by atoms with E-state index in [1.165, 1.54) is 52.3 Å². The second-order valence-corrected chi connectivity index (χ2v) is 38.9. The number of benzene rings is 2. The van der Waals surface area contributed by atoms with E-state index in [0.29, 0.717) is 41.8 Å². The lowest BCUT2D eigenvalue weighted by Crippen LogP contribution is -2.59. The molecule has 2 fully saturated rings. The number of amides is 16. The van der Waals surface area contributed by atoms with Crippen LogP contribution in [-0.4, -0.2) is 346 Å². The van der Waals surface area contributed by atoms with Crippen LogP contribution in [0.3, 0.4) is 0 Å². The Hall–Kier alpha value is -10.9. The van der Waals surface area contributed by atoms with E-state index in [-0.39, 0.29) is 139 Å². The van der Waals surface area contributed by atoms with Crippen LogP contribution < -0.4 is 64.2 Å². The Morgan fingerprint density at radius 1 is 0.596 bits per heavy atom. The molecule has 3 heterocycles. The number of carbonyl (C=O) groups is 17. The number of hydrogen-bond donors (Lipinski definition) is 16. The molecule has 0 bridgehead atoms. The van der Waals surface area contributed by atoms with Gasteiger partial charge in [0.05, 0.1) is 134 Å². The van der Waals surface area contributed by atoms with Crippen LogP contribution >= 0.6 is 15.4 Å². The van der Waals surface area contributed by atoms with Gasteiger partial charge in [-0.05, 0) is 93.6 Å². The molecule has 48 nitrogen and oxygen atoms in total. The lowest BCUT2D eigenvalue weighted by Gasteiger charge is -2.41. The number of esters is 1. The van der Waals surface area contributed by atoms with Crippen LogP contribution in [0.25, 0.3) is 0 Å². The van der Waals surface area contributed by atoms with Gasteiger partial charge in [0, 0.05) is 84.5 Å². The van der Waals surface area contributed by atoms with Crippen LogP contribution in [0.2, 0.25) is 0 Å². The average Bonchev–Trinajstić information content (AvgIpc) is 1.78. The number of carboxylic acid groups (broad SMARTS) is 1. The second kappa shape index (κ2) is 60.6. The van der Waals surface area contributed by atoms with Gasteiger partial charge in [0.1, 0.15) is 48.4 Å². The number of anilines is 1. The van der Waals surface area contributed by atoms with E-state index in [1.807, 2.05) is 60.5 Å². The molecule has 0 aliphatic carbocycles. The molecule has 3 aliphatic heterocycles. The highest BCUT2D eigenvalue weighted by Crippen LogP contribution is 2.50. The molecule has 16 amide bonds. The number of likely N-dealkylation sites (N-methyl/N-ethyl adjacent to an activating group) is 2. The zero-order chi connectivity index (χ0) is 105. The van der Waals surface area contributed by atoms with Crippen molar-refractivity contribution in [1.29, 1.82) is 0 Å². The topological polar surface area (TPSA) is 660 Å². The van der Waals surface area contributed by atoms with Gasteiger partial charge in [0.2, 0.25) is 70.9 Å². The molecule has 0 saturated carbocycles. The van der Waals surface area contributed by atoms with Gasteiger partial charge < -0.3 is 127 Å². The number of urea groups is 1. The van der Waals surface area contributed by atoms with Crippen LogP contribution in [0.1, 0.15) is 157 Å². The molecule has 1 unspecified atom stereocenters. The zero-order valence-corrected chi connectivity index (χ0v) is 84.5. The number of imide groups is 1. The second-order valence-electron chi connectivity index (χ2n) is 35.7. The number of nitrogens with zero attached hydrogens (tertiary/aromatic N) is 4. The molecule has 0 spiro atoms. The number of nitrogens with one attached hydrogen (secondary N) is 11. The summed E-state index contributed by atoms with van der Waals surface area (Å²) in [6.45, 7) is 16.8. The average molecular weight is 2040 g/mol. The molecule has 141 heavy (non-hydrogen) atoms. The number of ether oxygens (including phenoxy) is 7. The third kappa shape index (κ3) is 41.2. The summed E-state index contributed by atoms with van der Waals surface area (Å²) < 4.78 is 75.7. The van der Waals surface area contributed by atoms with E-state index in [4.69, 9.17) is 57.7 Å². The van der Waals surface area contributed by atoms with Crippen molar-refractivity contribution >= 4 is 122 Å². The first kappa shape index (κ1) is 121. The Morgan fingerprint density at radius 3 is 1.74 bits per heavy atom. The largest absolute Gasteiger partial charge is 0.481 e. The minimum Gasteiger partial charge on any atom is -0.481 e. The Labute approximate surface area is 820 Å². The maximum atomic E-state index is 14.7. The van der Waals surface area contributed by atoms with E-state index in [0.717, 1.165) is 12.2 Å². The number of nitrogens with two attached hydrogens (primary N) is 1. The van der Waals surface area contributed by atoms with Crippen LogP contribution in [0.15, 0.2) is 66.7 Å². The van der Waals surface area contributed by atoms with Crippen molar-refractivity contribution in [2.24, 2.45) is 35.3 Å². The van der Waals surface area contributed by atoms with E-state index in [2.05, 4.69) is 58.5 Å². The van der Waals surface area contributed by atoms with Gasteiger partial charge in [-0.2, -0.15) is 0 Å². The fourth-order valence-electron chi connectivity index (χ4n) is 16.1. The molecule has 0 radical (unpaired) electrons. The predicted molar refractivity (Wildman–Crippen MR) is 507 cm³/mol. The summed E-state index contributed by atoms with van der Waals surface area (Å²) >= 11 is 0. The highest BCUT2D eigenvalue weighted by molar-refractivity contribution is 7.51. The normalized spacial score (nSPS) is 17.7. The van der Waals surface area contributed by atoms with Crippen molar-refractivity contribution in [2.75, 3.05) is 132 Å². The predicted octanol–water partition coefficient (Wildman–Crippen LogP) is 0.0425. The lowest BCUT2D eigenvalue weighted by atomic mass is 9.89. The van der Waals surface area contributed by atoms with Gasteiger partial charge in [0.25, 0.3) is 11.8 Å². The molecular formula is C91H144N16O32P2. The fourth-order valence-corrected chi connectivity index (χ4v) is 17.5. The van der Waals surface area contributed by atoms with Gasteiger partial charge >= 0.3 is 33.4 Å². The third-order valence-electron chi connectivity index (χ3n) is 23.6. The van der Waals surface area contributed by atoms with Gasteiger partial charge in [-0.15, -0.1) is 0 Å². The number of aliphatic carboxylic acids is 1. The van der Waals surface area contributed by atoms with Crippen LogP contribution in [0.5, 0.6) is 0 Å². The summed E-state index contributed by atoms with van der Waals surface area (Å²) in [6, 6.07) is 0.114. The lowest BCUT2D eigenvalue weighted by molar-refractivity contribution is -0.148. The monoisotopic (exact) mass is 2030 g/mol. The van der Waals surface area contributed by atoms with Crippen molar-refractivity contribution in [3.05, 3.63) is 77.9 Å². The van der Waals surface area contributed by atoms with E-state index >= 15 is 0 Å². The Kier molecular flexibility index (Phi) is 51.8. The van der Waals surface area contributed by atoms with Crippen molar-refractivity contribution in [3.63, 3.8) is 0 Å². The standard InChI is InChI=1S/C91H144N16O32P2/c1-16-56(8)79(105(13)89(123)77(54(4)5)103-88(122)78(55(6)7)104(11)12)68(131-14)50-74(113)106-37-21-25-66(106)80(132-15)57(9)82(116)96-58(10)81(60-22-18-17-19-23-60)139-141(129,130)138-52-59-26-28-61(29-27-59)97-83(117)62(24-20-35-94-91(92)125)100-87(121)76(53(2)3)102-85(119)65(49-75(114)115)101-84(118)64(48-71(110)98-63-32-39-137-90(63)124)99-70(109)33-38-133-41-43-135-45-46-136-44-42-134-40-36-93-86(120)67(107-72(111)30-31-73(107)112)51-95-69(108)34-47-140(126,127)128/h17-19,22-23,26-31,53-58,62-68,76-81H,16,20-21,24-25,32-52H2,1-15H3,(H,93,120)(H,95,108)(H,96,116)(H,97,117)(H,98,110)(H,99,109)(H,100,121)(H,101,118)(H,102,119)(H,103,122)(H,114,115)(H,129,130)(H3,92,94,125)(H2,126,127,128)/t56-,57+,58+,62-,63-,64-,65-,66-,67-,68+,76-,77-,78-,79-,80+,81+/m0/s1. The summed E-state index contributed by atoms with van der Waals surface area (Å²) in [4.78, 5) is 263. The molecule has 50 heteroatoms. The molecule has 17 atom stereocenters. The summed E-state index contributed by atoms with van der Waals surface area (Å²) in [7, 11) is -1.34. The number of hydrogen-bond acceptors (Lipinski definition) is 29. The maximum Gasteiger partial charge on any atom is 0.473 e. The smallest absolute Gasteiger partial charge is 0.473 e. The highest BCUT2D eigenvalue weighted by Gasteiger charge is 2.46. The zero-order valence-electron chi connectivity index (χ0n) is 82.7. The van der Waals surface area contributed by atoms with Crippen molar-refractivity contribution in [2.45, 2.75) is 231 Å². The Morgan fingerprint density at radius 2 is 1.18 bits per heavy atom. The summed E-state index contributed by atoms with van der Waals surface area (Å²) in [5.74, 6) is -15.4.